The van der Waals surface area contributed by atoms with E-state index in [2.05, 4.69) is 0 Å². The van der Waals surface area contributed by atoms with E-state index in [1.54, 1.807) is 0 Å². The molecule has 8 nitrogen and oxygen atoms in total. The number of hydrogen-bond donors (Lipinski definition) is 4. The van der Waals surface area contributed by atoms with Gasteiger partial charge in [-0.25, -0.2) is 0 Å². The third kappa shape index (κ3) is 381. The molecule has 0 aliphatic heterocycles. The molecule has 4 N–H and O–H groups in total. The number of hydrogen-bond acceptors (Lipinski definition) is 4. The van der Waals surface area contributed by atoms with Crippen molar-refractivity contribution in [2.45, 2.75) is 0 Å². The zero-order valence-corrected chi connectivity index (χ0v) is 9.71. The van der Waals surface area contributed by atoms with E-state index in [0.29, 0.717) is 0 Å². The van der Waals surface area contributed by atoms with Crippen LogP contribution in [0.3, 0.4) is 0 Å². The van der Waals surface area contributed by atoms with E-state index < -0.39 is 20.8 Å². The molecule has 0 heterocycles. The molecule has 85 valence electrons. The van der Waals surface area contributed by atoms with Crippen LogP contribution in [0, 0.1) is 0 Å². The van der Waals surface area contributed by atoms with Gasteiger partial charge in [0.05, 0.1) is 0 Å². The monoisotopic (exact) mass is 381 g/mol. The molecule has 0 amide bonds. The van der Waals surface area contributed by atoms with Gasteiger partial charge in [0.1, 0.15) is 0 Å². The van der Waals surface area contributed by atoms with Crippen molar-refractivity contribution in [2.75, 3.05) is 0 Å². The Labute approximate surface area is 139 Å². The first kappa shape index (κ1) is 29.5. The molecule has 0 saturated carbocycles. The molecular formula is H7CuKO8S2Se. The Hall–Kier alpha value is 2.42. The van der Waals surface area contributed by atoms with Gasteiger partial charge in [-0.05, 0) is 0 Å². The summed E-state index contributed by atoms with van der Waals surface area (Å²) in [5, 5.41) is 0. The second-order valence-corrected chi connectivity index (χ2v) is 2.69. The first-order valence-corrected chi connectivity index (χ1v) is 4.19. The van der Waals surface area contributed by atoms with Gasteiger partial charge in [-0.15, -0.1) is 0 Å². The van der Waals surface area contributed by atoms with Crippen LogP contribution in [0.4, 0.5) is 0 Å². The molecule has 0 unspecified atom stereocenters. The Bertz CT molecular complexity index is 219. The maximum absolute atomic E-state index is 8.74. The van der Waals surface area contributed by atoms with Crippen LogP contribution in [0.1, 0.15) is 0 Å². The summed E-state index contributed by atoms with van der Waals surface area (Å²) >= 11 is 0. The van der Waals surface area contributed by atoms with Gasteiger partial charge < -0.3 is 0 Å². The van der Waals surface area contributed by atoms with E-state index in [0.717, 1.165) is 0 Å². The van der Waals surface area contributed by atoms with Gasteiger partial charge in [0.2, 0.25) is 0 Å². The average Bonchev–Trinajstić information content (AvgIpc) is 1.12. The summed E-state index contributed by atoms with van der Waals surface area (Å²) in [5.41, 5.74) is 0. The summed E-state index contributed by atoms with van der Waals surface area (Å²) in [4.78, 5) is 0. The minimum absolute atomic E-state index is 0. The Morgan fingerprint density at radius 1 is 0.692 bits per heavy atom. The van der Waals surface area contributed by atoms with Crippen LogP contribution in [0.2, 0.25) is 0 Å². The normalized spacial score (nSPS) is 8.92. The van der Waals surface area contributed by atoms with Crippen molar-refractivity contribution < 1.29 is 52.1 Å². The quantitative estimate of drug-likeness (QED) is 0.259. The summed E-state index contributed by atoms with van der Waals surface area (Å²) in [6.45, 7) is 0. The van der Waals surface area contributed by atoms with Crippen LogP contribution in [-0.2, 0) is 37.9 Å². The van der Waals surface area contributed by atoms with Crippen LogP contribution in [-0.4, -0.2) is 103 Å². The van der Waals surface area contributed by atoms with E-state index in [4.69, 9.17) is 35.0 Å². The van der Waals surface area contributed by atoms with E-state index in [-0.39, 0.29) is 85.5 Å². The third-order valence-electron chi connectivity index (χ3n) is 0. The fraction of sp³-hybridized carbons (Fsp3) is 0. The average molecular weight is 381 g/mol. The van der Waals surface area contributed by atoms with Gasteiger partial charge >= 0.3 is 89.3 Å². The summed E-state index contributed by atoms with van der Waals surface area (Å²) in [6.07, 6.45) is 0. The zero-order chi connectivity index (χ0) is 9.00. The Balaban J connectivity index is -0.0000000267. The second kappa shape index (κ2) is 12.5. The van der Waals surface area contributed by atoms with Crippen molar-refractivity contribution in [3.05, 3.63) is 0 Å². The summed E-state index contributed by atoms with van der Waals surface area (Å²) in [6, 6.07) is 0. The molecule has 0 rings (SSSR count). The topological polar surface area (TPSA) is 149 Å². The standard InChI is InChI=1S/Cu.K.2H2O4S.H2Se.H/c;;2*1-5(2,3)4;;/h;;2*(H2,1,2,3,4);1H2;. The van der Waals surface area contributed by atoms with Crippen molar-refractivity contribution >= 4 is 89.3 Å². The van der Waals surface area contributed by atoms with Gasteiger partial charge in [0.15, 0.2) is 0 Å². The molecular weight excluding hydrogens is 374 g/mol. The van der Waals surface area contributed by atoms with Crippen LogP contribution in [0.25, 0.3) is 0 Å². The molecule has 0 aromatic heterocycles. The molecule has 0 aliphatic carbocycles. The predicted molar refractivity (Wildman–Crippen MR) is 44.0 cm³/mol. The Kier molecular flexibility index (Phi) is 28.4. The predicted octanol–water partition coefficient (Wildman–Crippen LogP) is -2.87. The Morgan fingerprint density at radius 3 is 0.692 bits per heavy atom. The molecule has 0 spiro atoms. The van der Waals surface area contributed by atoms with Crippen molar-refractivity contribution in [1.82, 2.24) is 0 Å². The summed E-state index contributed by atoms with van der Waals surface area (Å²) < 4.78 is 63.2. The summed E-state index contributed by atoms with van der Waals surface area (Å²) in [5.74, 6) is 0. The van der Waals surface area contributed by atoms with Crippen molar-refractivity contribution in [3.8, 4) is 0 Å². The first-order chi connectivity index (χ1) is 4.00. The van der Waals surface area contributed by atoms with Crippen molar-refractivity contribution in [1.29, 1.82) is 0 Å². The molecule has 0 aromatic carbocycles. The fourth-order valence-electron chi connectivity index (χ4n) is 0. The van der Waals surface area contributed by atoms with Gasteiger partial charge in [-0.1, -0.05) is 0 Å². The molecule has 13 heavy (non-hydrogen) atoms. The zero-order valence-electron chi connectivity index (χ0n) is 5.04. The fourth-order valence-corrected chi connectivity index (χ4v) is 0. The van der Waals surface area contributed by atoms with E-state index >= 15 is 0 Å². The van der Waals surface area contributed by atoms with Crippen LogP contribution in [0.5, 0.6) is 0 Å². The Morgan fingerprint density at radius 2 is 0.692 bits per heavy atom. The number of rotatable bonds is 0. The summed E-state index contributed by atoms with van der Waals surface area (Å²) in [7, 11) is -9.33. The third-order valence-corrected chi connectivity index (χ3v) is 0. The first-order valence-electron chi connectivity index (χ1n) is 1.40. The van der Waals surface area contributed by atoms with Crippen molar-refractivity contribution in [2.24, 2.45) is 0 Å². The van der Waals surface area contributed by atoms with E-state index in [1.807, 2.05) is 0 Å². The minimum atomic E-state index is -4.67. The van der Waals surface area contributed by atoms with Gasteiger partial charge in [-0.3, -0.25) is 18.2 Å². The molecule has 0 fully saturated rings. The molecule has 0 saturated heterocycles. The molecule has 0 bridgehead atoms. The van der Waals surface area contributed by atoms with E-state index in [1.165, 1.54) is 0 Å². The molecule has 13 heteroatoms. The molecule has 0 aliphatic rings. The molecule has 0 atom stereocenters. The van der Waals surface area contributed by atoms with E-state index in [9.17, 15) is 0 Å². The van der Waals surface area contributed by atoms with Gasteiger partial charge in [0.25, 0.3) is 0 Å². The van der Waals surface area contributed by atoms with Crippen LogP contribution >= 0.6 is 0 Å². The molecule has 1 radical (unpaired) electrons. The van der Waals surface area contributed by atoms with Crippen LogP contribution in [0.15, 0.2) is 0 Å². The van der Waals surface area contributed by atoms with Gasteiger partial charge in [-0.2, -0.15) is 16.8 Å². The van der Waals surface area contributed by atoms with Crippen LogP contribution < -0.4 is 0 Å². The molecule has 0 aromatic rings. The SMILES string of the molecule is O=S(=O)(O)O.O=S(=O)(O)O.[Cu].[KH].[SeH2]. The van der Waals surface area contributed by atoms with Crippen molar-refractivity contribution in [3.63, 3.8) is 0 Å². The second-order valence-electron chi connectivity index (χ2n) is 0.896. The maximum atomic E-state index is 8.74. The van der Waals surface area contributed by atoms with Gasteiger partial charge in [0, 0.05) is 17.1 Å².